The molecule has 1 aromatic heterocycles. The molecule has 0 aromatic carbocycles. The molecule has 0 saturated heterocycles. The van der Waals surface area contributed by atoms with Gasteiger partial charge in [0.05, 0.1) is 11.0 Å². The van der Waals surface area contributed by atoms with Gasteiger partial charge in [0.15, 0.2) is 18.9 Å². The molecular weight excluding hydrogens is 279 g/mol. The van der Waals surface area contributed by atoms with Gasteiger partial charge in [0.1, 0.15) is 0 Å². The van der Waals surface area contributed by atoms with Crippen LogP contribution in [0.1, 0.15) is 0 Å². The molecule has 0 aliphatic carbocycles. The van der Waals surface area contributed by atoms with Crippen molar-refractivity contribution in [3.63, 3.8) is 0 Å². The maximum Gasteiger partial charge on any atom is 0.230 e. The fraction of sp³-hybridized carbons (Fsp3) is 0.333. The quantitative estimate of drug-likeness (QED) is 0.490. The van der Waals surface area contributed by atoms with Crippen LogP contribution in [-0.2, 0) is 11.3 Å². The van der Waals surface area contributed by atoms with Crippen molar-refractivity contribution in [1.29, 1.82) is 0 Å². The summed E-state index contributed by atoms with van der Waals surface area (Å²) in [5, 5.41) is 2.81. The standard InChI is InChI=1S/C9H11IN2O/c10-8-9(13)11-4-7-12-5-2-1-3-6-12/h1-3,5-6H,4,7-8H2/p+1. The highest BCUT2D eigenvalue weighted by atomic mass is 127. The molecule has 0 bridgehead atoms. The zero-order valence-corrected chi connectivity index (χ0v) is 9.40. The molecule has 1 aromatic rings. The topological polar surface area (TPSA) is 33.0 Å². The number of halogens is 1. The van der Waals surface area contributed by atoms with Crippen molar-refractivity contribution in [1.82, 2.24) is 5.32 Å². The minimum absolute atomic E-state index is 0.0946. The number of hydrogen-bond donors (Lipinski definition) is 1. The molecule has 0 spiro atoms. The summed E-state index contributed by atoms with van der Waals surface area (Å²) < 4.78 is 2.56. The van der Waals surface area contributed by atoms with E-state index >= 15 is 0 Å². The Hall–Kier alpha value is -0.650. The molecule has 0 aliphatic heterocycles. The molecule has 0 fully saturated rings. The minimum Gasteiger partial charge on any atom is -0.349 e. The van der Waals surface area contributed by atoms with Gasteiger partial charge in [-0.1, -0.05) is 28.7 Å². The third-order valence-corrected chi connectivity index (χ3v) is 2.28. The molecular formula is C9H12IN2O+. The zero-order valence-electron chi connectivity index (χ0n) is 7.24. The molecule has 1 amide bonds. The highest BCUT2D eigenvalue weighted by Crippen LogP contribution is 1.79. The van der Waals surface area contributed by atoms with Crippen molar-refractivity contribution >= 4 is 28.5 Å². The first-order valence-electron chi connectivity index (χ1n) is 4.09. The Balaban J connectivity index is 2.24. The van der Waals surface area contributed by atoms with Crippen LogP contribution in [0.25, 0.3) is 0 Å². The maximum absolute atomic E-state index is 10.9. The van der Waals surface area contributed by atoms with Crippen molar-refractivity contribution in [3.05, 3.63) is 30.6 Å². The van der Waals surface area contributed by atoms with Crippen molar-refractivity contribution in [3.8, 4) is 0 Å². The maximum atomic E-state index is 10.9. The molecule has 3 nitrogen and oxygen atoms in total. The van der Waals surface area contributed by atoms with Gasteiger partial charge in [0.25, 0.3) is 0 Å². The number of carbonyl (C=O) groups excluding carboxylic acids is 1. The molecule has 4 heteroatoms. The van der Waals surface area contributed by atoms with E-state index in [4.69, 9.17) is 0 Å². The number of pyridine rings is 1. The van der Waals surface area contributed by atoms with E-state index in [1.165, 1.54) is 0 Å². The Labute approximate surface area is 91.3 Å². The second kappa shape index (κ2) is 5.90. The minimum atomic E-state index is 0.0946. The third kappa shape index (κ3) is 4.21. The summed E-state index contributed by atoms with van der Waals surface area (Å²) in [6, 6.07) is 5.92. The van der Waals surface area contributed by atoms with Gasteiger partial charge in [-0.25, -0.2) is 4.57 Å². The number of hydrogen-bond acceptors (Lipinski definition) is 1. The Morgan fingerprint density at radius 3 is 2.62 bits per heavy atom. The van der Waals surface area contributed by atoms with Crippen LogP contribution in [0.4, 0.5) is 0 Å². The lowest BCUT2D eigenvalue weighted by molar-refractivity contribution is -0.694. The molecule has 1 heterocycles. The Bertz CT molecular complexity index is 264. The van der Waals surface area contributed by atoms with Crippen LogP contribution in [0.3, 0.4) is 0 Å². The van der Waals surface area contributed by atoms with Crippen LogP contribution in [0.15, 0.2) is 30.6 Å². The number of nitrogens with one attached hydrogen (secondary N) is 1. The number of aromatic nitrogens is 1. The van der Waals surface area contributed by atoms with E-state index in [2.05, 4.69) is 5.32 Å². The largest absolute Gasteiger partial charge is 0.349 e. The summed E-state index contributed by atoms with van der Waals surface area (Å²) in [5.41, 5.74) is 0. The summed E-state index contributed by atoms with van der Waals surface area (Å²) in [6.07, 6.45) is 3.96. The van der Waals surface area contributed by atoms with E-state index in [1.54, 1.807) is 0 Å². The Morgan fingerprint density at radius 2 is 2.00 bits per heavy atom. The molecule has 1 rings (SSSR count). The van der Waals surface area contributed by atoms with Crippen LogP contribution < -0.4 is 9.88 Å². The Kier molecular flexibility index (Phi) is 4.74. The molecule has 0 aliphatic rings. The SMILES string of the molecule is O=C(CI)NCC[n+]1ccccc1. The summed E-state index contributed by atoms with van der Waals surface area (Å²) in [4.78, 5) is 10.9. The van der Waals surface area contributed by atoms with E-state index < -0.39 is 0 Å². The number of carbonyl (C=O) groups is 1. The second-order valence-electron chi connectivity index (χ2n) is 2.60. The van der Waals surface area contributed by atoms with Gasteiger partial charge >= 0.3 is 0 Å². The molecule has 0 atom stereocenters. The number of amides is 1. The van der Waals surface area contributed by atoms with Gasteiger partial charge in [-0.3, -0.25) is 4.79 Å². The van der Waals surface area contributed by atoms with Crippen LogP contribution in [0, 0.1) is 0 Å². The van der Waals surface area contributed by atoms with Crippen molar-refractivity contribution in [2.45, 2.75) is 6.54 Å². The van der Waals surface area contributed by atoms with E-state index in [9.17, 15) is 4.79 Å². The third-order valence-electron chi connectivity index (χ3n) is 1.59. The molecule has 0 radical (unpaired) electrons. The number of alkyl halides is 1. The molecule has 0 saturated carbocycles. The second-order valence-corrected chi connectivity index (χ2v) is 3.36. The summed E-state index contributed by atoms with van der Waals surface area (Å²) in [5.74, 6) is 0.0946. The highest BCUT2D eigenvalue weighted by molar-refractivity contribution is 14.1. The zero-order chi connectivity index (χ0) is 9.52. The average Bonchev–Trinajstić information content (AvgIpc) is 2.19. The van der Waals surface area contributed by atoms with E-state index in [0.29, 0.717) is 11.0 Å². The normalized spacial score (nSPS) is 9.62. The van der Waals surface area contributed by atoms with Gasteiger partial charge in [0, 0.05) is 12.1 Å². The summed E-state index contributed by atoms with van der Waals surface area (Å²) >= 11 is 2.05. The van der Waals surface area contributed by atoms with Crippen molar-refractivity contribution < 1.29 is 9.36 Å². The lowest BCUT2D eigenvalue weighted by Crippen LogP contribution is -2.40. The van der Waals surface area contributed by atoms with E-state index in [-0.39, 0.29) is 5.91 Å². The van der Waals surface area contributed by atoms with Gasteiger partial charge < -0.3 is 5.32 Å². The van der Waals surface area contributed by atoms with E-state index in [0.717, 1.165) is 6.54 Å². The van der Waals surface area contributed by atoms with Crippen molar-refractivity contribution in [2.24, 2.45) is 0 Å². The fourth-order valence-electron chi connectivity index (χ4n) is 0.955. The lowest BCUT2D eigenvalue weighted by atomic mass is 10.4. The van der Waals surface area contributed by atoms with Crippen molar-refractivity contribution in [2.75, 3.05) is 11.0 Å². The predicted molar refractivity (Wildman–Crippen MR) is 58.5 cm³/mol. The van der Waals surface area contributed by atoms with Gasteiger partial charge in [0.2, 0.25) is 5.91 Å². The first-order chi connectivity index (χ1) is 6.33. The smallest absolute Gasteiger partial charge is 0.230 e. The molecule has 0 unspecified atom stereocenters. The van der Waals surface area contributed by atoms with Gasteiger partial charge in [-0.05, 0) is 0 Å². The molecule has 13 heavy (non-hydrogen) atoms. The first-order valence-corrected chi connectivity index (χ1v) is 5.62. The van der Waals surface area contributed by atoms with E-state index in [1.807, 2.05) is 57.8 Å². The number of rotatable bonds is 4. The lowest BCUT2D eigenvalue weighted by Gasteiger charge is -1.99. The summed E-state index contributed by atoms with van der Waals surface area (Å²) in [7, 11) is 0. The number of nitrogens with zero attached hydrogens (tertiary/aromatic N) is 1. The van der Waals surface area contributed by atoms with Crippen LogP contribution in [0.5, 0.6) is 0 Å². The van der Waals surface area contributed by atoms with Gasteiger partial charge in [-0.2, -0.15) is 0 Å². The first kappa shape index (κ1) is 10.4. The summed E-state index contributed by atoms with van der Waals surface area (Å²) in [6.45, 7) is 1.51. The van der Waals surface area contributed by atoms with Crippen LogP contribution >= 0.6 is 22.6 Å². The highest BCUT2D eigenvalue weighted by Gasteiger charge is 1.99. The predicted octanol–water partition coefficient (Wildman–Crippen LogP) is 0.525. The average molecular weight is 291 g/mol. The Morgan fingerprint density at radius 1 is 1.31 bits per heavy atom. The van der Waals surface area contributed by atoms with Crippen LogP contribution in [-0.4, -0.2) is 16.9 Å². The molecule has 1 N–H and O–H groups in total. The monoisotopic (exact) mass is 291 g/mol. The fourth-order valence-corrected chi connectivity index (χ4v) is 1.22. The molecule has 70 valence electrons. The van der Waals surface area contributed by atoms with Crippen LogP contribution in [0.2, 0.25) is 0 Å². The van der Waals surface area contributed by atoms with Gasteiger partial charge in [-0.15, -0.1) is 0 Å².